The van der Waals surface area contributed by atoms with Crippen LogP contribution in [0, 0.1) is 5.92 Å². The SMILES string of the molecule is N[C@@H](Cc1c[nH]c2ccccc12)C(=O)N1CCn2cc(-c3ccccc3)nc2[C@@H]1CC1CCCCC1. The molecule has 1 saturated carbocycles. The lowest BCUT2D eigenvalue weighted by Crippen LogP contribution is -2.50. The van der Waals surface area contributed by atoms with Crippen molar-refractivity contribution in [3.8, 4) is 11.3 Å². The number of carbonyl (C=O) groups is 1. The molecule has 1 fully saturated rings. The first-order valence-electron chi connectivity index (χ1n) is 13.4. The maximum atomic E-state index is 13.9. The first-order chi connectivity index (χ1) is 17.7. The molecule has 0 unspecified atom stereocenters. The van der Waals surface area contributed by atoms with Crippen LogP contribution >= 0.6 is 0 Å². The second kappa shape index (κ2) is 9.94. The minimum Gasteiger partial charge on any atom is -0.361 e. The number of hydrogen-bond donors (Lipinski definition) is 2. The van der Waals surface area contributed by atoms with E-state index >= 15 is 0 Å². The lowest BCUT2D eigenvalue weighted by atomic mass is 9.84. The third-order valence-electron chi connectivity index (χ3n) is 8.13. The molecule has 3 N–H and O–H groups in total. The summed E-state index contributed by atoms with van der Waals surface area (Å²) < 4.78 is 2.27. The molecule has 0 spiro atoms. The third-order valence-corrected chi connectivity index (χ3v) is 8.13. The molecule has 6 rings (SSSR count). The molecule has 2 aromatic heterocycles. The Balaban J connectivity index is 1.28. The van der Waals surface area contributed by atoms with Gasteiger partial charge in [0.2, 0.25) is 5.91 Å². The number of para-hydroxylation sites is 1. The number of fused-ring (bicyclic) bond motifs is 2. The second-order valence-electron chi connectivity index (χ2n) is 10.5. The number of benzene rings is 2. The number of carbonyl (C=O) groups excluding carboxylic acids is 1. The van der Waals surface area contributed by atoms with E-state index in [1.165, 1.54) is 32.1 Å². The predicted octanol–water partition coefficient (Wildman–Crippen LogP) is 5.46. The van der Waals surface area contributed by atoms with Gasteiger partial charge in [-0.15, -0.1) is 0 Å². The van der Waals surface area contributed by atoms with Gasteiger partial charge in [0.1, 0.15) is 5.82 Å². The summed E-state index contributed by atoms with van der Waals surface area (Å²) in [5.74, 6) is 1.68. The maximum Gasteiger partial charge on any atom is 0.240 e. The van der Waals surface area contributed by atoms with Crippen molar-refractivity contribution in [3.63, 3.8) is 0 Å². The fourth-order valence-electron chi connectivity index (χ4n) is 6.21. The molecular weight excluding hydrogens is 446 g/mol. The van der Waals surface area contributed by atoms with Gasteiger partial charge in [-0.25, -0.2) is 4.98 Å². The van der Waals surface area contributed by atoms with Crippen LogP contribution in [0.5, 0.6) is 0 Å². The van der Waals surface area contributed by atoms with Crippen molar-refractivity contribution in [1.29, 1.82) is 0 Å². The van der Waals surface area contributed by atoms with Crippen molar-refractivity contribution in [2.75, 3.05) is 6.54 Å². The van der Waals surface area contributed by atoms with Gasteiger partial charge in [0.25, 0.3) is 0 Å². The number of imidazole rings is 1. The predicted molar refractivity (Wildman–Crippen MR) is 143 cm³/mol. The van der Waals surface area contributed by atoms with Crippen molar-refractivity contribution in [2.24, 2.45) is 11.7 Å². The zero-order valence-electron chi connectivity index (χ0n) is 20.8. The summed E-state index contributed by atoms with van der Waals surface area (Å²) in [5, 5.41) is 1.14. The van der Waals surface area contributed by atoms with Crippen LogP contribution in [0.15, 0.2) is 67.0 Å². The maximum absolute atomic E-state index is 13.9. The molecular formula is C30H35N5O. The fourth-order valence-corrected chi connectivity index (χ4v) is 6.21. The summed E-state index contributed by atoms with van der Waals surface area (Å²) in [4.78, 5) is 24.3. The van der Waals surface area contributed by atoms with Crippen LogP contribution < -0.4 is 5.73 Å². The second-order valence-corrected chi connectivity index (χ2v) is 10.5. The zero-order valence-corrected chi connectivity index (χ0v) is 20.8. The van der Waals surface area contributed by atoms with Gasteiger partial charge in [-0.1, -0.05) is 80.6 Å². The molecule has 1 aliphatic heterocycles. The Morgan fingerprint density at radius 3 is 2.64 bits per heavy atom. The molecule has 0 saturated heterocycles. The Morgan fingerprint density at radius 1 is 1.03 bits per heavy atom. The van der Waals surface area contributed by atoms with Gasteiger partial charge in [-0.3, -0.25) is 4.79 Å². The number of amides is 1. The van der Waals surface area contributed by atoms with Crippen LogP contribution in [0.25, 0.3) is 22.2 Å². The minimum absolute atomic E-state index is 0.0270. The molecule has 0 bridgehead atoms. The number of rotatable bonds is 6. The van der Waals surface area contributed by atoms with Gasteiger partial charge >= 0.3 is 0 Å². The summed E-state index contributed by atoms with van der Waals surface area (Å²) >= 11 is 0. The first kappa shape index (κ1) is 23.0. The van der Waals surface area contributed by atoms with E-state index in [-0.39, 0.29) is 11.9 Å². The van der Waals surface area contributed by atoms with Gasteiger partial charge in [0.15, 0.2) is 0 Å². The average Bonchev–Trinajstić information content (AvgIpc) is 3.54. The number of hydrogen-bond acceptors (Lipinski definition) is 3. The monoisotopic (exact) mass is 481 g/mol. The molecule has 36 heavy (non-hydrogen) atoms. The Morgan fingerprint density at radius 2 is 1.81 bits per heavy atom. The standard InChI is InChI=1S/C30H35N5O/c31-25(18-23-19-32-26-14-8-7-13-24(23)26)30(36)35-16-15-34-20-27(22-11-5-2-6-12-22)33-29(34)28(35)17-21-9-3-1-4-10-21/h2,5-8,11-14,19-21,25,28,32H,1,3-4,9-10,15-18,31H2/t25-,28-/m0/s1. The fraction of sp³-hybridized carbons (Fsp3) is 0.400. The summed E-state index contributed by atoms with van der Waals surface area (Å²) in [5.41, 5.74) is 10.9. The quantitative estimate of drug-likeness (QED) is 0.384. The van der Waals surface area contributed by atoms with Crippen LogP contribution in [0.3, 0.4) is 0 Å². The summed E-state index contributed by atoms with van der Waals surface area (Å²) in [6.07, 6.45) is 12.0. The van der Waals surface area contributed by atoms with Gasteiger partial charge < -0.3 is 20.2 Å². The zero-order chi connectivity index (χ0) is 24.5. The van der Waals surface area contributed by atoms with Crippen molar-refractivity contribution >= 4 is 16.8 Å². The Hall–Kier alpha value is -3.38. The molecule has 3 heterocycles. The lowest BCUT2D eigenvalue weighted by Gasteiger charge is -2.39. The van der Waals surface area contributed by atoms with E-state index in [0.717, 1.165) is 46.5 Å². The van der Waals surface area contributed by atoms with Crippen LogP contribution in [0.2, 0.25) is 0 Å². The number of H-pyrrole nitrogens is 1. The third kappa shape index (κ3) is 4.46. The smallest absolute Gasteiger partial charge is 0.240 e. The Bertz CT molecular complexity index is 1330. The van der Waals surface area contributed by atoms with Gasteiger partial charge in [-0.2, -0.15) is 0 Å². The Kier molecular flexibility index (Phi) is 6.36. The van der Waals surface area contributed by atoms with E-state index < -0.39 is 6.04 Å². The van der Waals surface area contributed by atoms with Crippen LogP contribution in [-0.4, -0.2) is 37.9 Å². The first-order valence-corrected chi connectivity index (χ1v) is 13.4. The molecule has 6 nitrogen and oxygen atoms in total. The molecule has 0 radical (unpaired) electrons. The van der Waals surface area contributed by atoms with E-state index in [4.69, 9.17) is 10.7 Å². The highest BCUT2D eigenvalue weighted by atomic mass is 16.2. The number of aromatic nitrogens is 3. The lowest BCUT2D eigenvalue weighted by molar-refractivity contribution is -0.136. The molecule has 2 aromatic carbocycles. The average molecular weight is 482 g/mol. The Labute approximate surface area is 212 Å². The summed E-state index contributed by atoms with van der Waals surface area (Å²) in [7, 11) is 0. The van der Waals surface area contributed by atoms with E-state index in [9.17, 15) is 4.79 Å². The molecule has 186 valence electrons. The number of aromatic amines is 1. The summed E-state index contributed by atoms with van der Waals surface area (Å²) in [6.45, 7) is 1.43. The molecule has 1 aliphatic carbocycles. The summed E-state index contributed by atoms with van der Waals surface area (Å²) in [6, 6.07) is 17.9. The molecule has 4 aromatic rings. The normalized spacial score (nSPS) is 19.4. The van der Waals surface area contributed by atoms with Crippen molar-refractivity contribution in [2.45, 2.75) is 63.6 Å². The van der Waals surface area contributed by atoms with Crippen LogP contribution in [-0.2, 0) is 17.8 Å². The molecule has 6 heteroatoms. The molecule has 1 amide bonds. The minimum atomic E-state index is -0.576. The number of nitrogens with zero attached hydrogens (tertiary/aromatic N) is 3. The topological polar surface area (TPSA) is 79.9 Å². The van der Waals surface area contributed by atoms with Gasteiger partial charge in [0.05, 0.1) is 17.8 Å². The van der Waals surface area contributed by atoms with Crippen LogP contribution in [0.1, 0.15) is 56.0 Å². The van der Waals surface area contributed by atoms with E-state index in [1.54, 1.807) is 0 Å². The van der Waals surface area contributed by atoms with Crippen molar-refractivity contribution < 1.29 is 4.79 Å². The van der Waals surface area contributed by atoms with Gasteiger partial charge in [-0.05, 0) is 30.4 Å². The van der Waals surface area contributed by atoms with Crippen LogP contribution in [0.4, 0.5) is 0 Å². The molecule has 2 atom stereocenters. The van der Waals surface area contributed by atoms with Crippen molar-refractivity contribution in [1.82, 2.24) is 19.4 Å². The number of nitrogens with two attached hydrogens (primary N) is 1. The van der Waals surface area contributed by atoms with E-state index in [2.05, 4.69) is 40.0 Å². The highest BCUT2D eigenvalue weighted by molar-refractivity contribution is 5.86. The molecule has 2 aliphatic rings. The van der Waals surface area contributed by atoms with E-state index in [0.29, 0.717) is 18.9 Å². The van der Waals surface area contributed by atoms with E-state index in [1.807, 2.05) is 41.4 Å². The number of nitrogens with one attached hydrogen (secondary N) is 1. The highest BCUT2D eigenvalue weighted by Gasteiger charge is 2.37. The highest BCUT2D eigenvalue weighted by Crippen LogP contribution is 2.38. The van der Waals surface area contributed by atoms with Gasteiger partial charge in [0, 0.05) is 41.9 Å². The largest absolute Gasteiger partial charge is 0.361 e. The van der Waals surface area contributed by atoms with Crippen molar-refractivity contribution in [3.05, 3.63) is 78.4 Å².